The number of carbonyl (C=O) groups is 1. The van der Waals surface area contributed by atoms with Crippen molar-refractivity contribution in [3.63, 3.8) is 0 Å². The zero-order valence-corrected chi connectivity index (χ0v) is 17.8. The molecule has 1 rings (SSSR count). The lowest BCUT2D eigenvalue weighted by molar-refractivity contribution is 0.110. The summed E-state index contributed by atoms with van der Waals surface area (Å²) in [5.74, 6) is 3.28. The molecule has 0 spiro atoms. The lowest BCUT2D eigenvalue weighted by Gasteiger charge is -2.38. The summed E-state index contributed by atoms with van der Waals surface area (Å²) in [6.07, 6.45) is 0. The van der Waals surface area contributed by atoms with Crippen LogP contribution in [0.25, 0.3) is 0 Å². The van der Waals surface area contributed by atoms with E-state index in [1.807, 2.05) is 0 Å². The normalized spacial score (nSPS) is 11.9. The van der Waals surface area contributed by atoms with Crippen LogP contribution in [0.1, 0.15) is 57.5 Å². The first-order valence-corrected chi connectivity index (χ1v) is 12.9. The lowest BCUT2D eigenvalue weighted by atomic mass is 10.2. The highest BCUT2D eigenvalue weighted by molar-refractivity contribution is 14.2. The van der Waals surface area contributed by atoms with Crippen molar-refractivity contribution in [2.24, 2.45) is 0 Å². The Morgan fingerprint density at radius 2 is 1.35 bits per heavy atom. The molecule has 5 heteroatoms. The van der Waals surface area contributed by atoms with Gasteiger partial charge < -0.3 is 0 Å². The number of hydrogen-bond donors (Lipinski definition) is 0. The topological polar surface area (TPSA) is 51.2 Å². The predicted molar refractivity (Wildman–Crippen MR) is 104 cm³/mol. The SMILES string of the molecule is CC(C)[Si](C#Cc1ccc(C(=O)I(=O)=O)cc1)(C(C)C)C(C)C. The van der Waals surface area contributed by atoms with Crippen molar-refractivity contribution in [1.82, 2.24) is 0 Å². The Bertz CT molecular complexity index is 659. The Balaban J connectivity index is 3.21. The zero-order valence-electron chi connectivity index (χ0n) is 14.6. The average molecular weight is 444 g/mol. The van der Waals surface area contributed by atoms with Gasteiger partial charge in [-0.15, -0.1) is 5.54 Å². The molecule has 0 aromatic heterocycles. The molecule has 0 N–H and O–H groups in total. The summed E-state index contributed by atoms with van der Waals surface area (Å²) in [5, 5.41) is 0. The van der Waals surface area contributed by atoms with Crippen LogP contribution in [0.15, 0.2) is 24.3 Å². The number of hydrogen-bond acceptors (Lipinski definition) is 3. The minimum Gasteiger partial charge on any atom is -0.276 e. The number of carbonyl (C=O) groups excluding carboxylic acids is 1. The summed E-state index contributed by atoms with van der Waals surface area (Å²) in [6, 6.07) is 6.58. The van der Waals surface area contributed by atoms with Crippen molar-refractivity contribution < 1.29 is 10.9 Å². The molecule has 1 aromatic carbocycles. The standard InChI is InChI=1S/C18H25IO3Si/c1-13(2)23(14(3)4,15(5)6)12-11-16-7-9-17(10-8-16)18(20)19(21)22/h7-10,13-15H,1-6H3. The maximum absolute atomic E-state index is 11.5. The van der Waals surface area contributed by atoms with Crippen molar-refractivity contribution in [3.05, 3.63) is 35.4 Å². The van der Waals surface area contributed by atoms with E-state index < -0.39 is 31.7 Å². The fraction of sp³-hybridized carbons (Fsp3) is 0.500. The van der Waals surface area contributed by atoms with Crippen molar-refractivity contribution in [2.45, 2.75) is 58.2 Å². The van der Waals surface area contributed by atoms with Crippen molar-refractivity contribution >= 4 is 31.7 Å². The first-order valence-electron chi connectivity index (χ1n) is 7.85. The van der Waals surface area contributed by atoms with Crippen LogP contribution >= 0.6 is 19.8 Å². The summed E-state index contributed by atoms with van der Waals surface area (Å²) in [4.78, 5) is 11.5. The number of halogens is 1. The second-order valence-corrected chi connectivity index (χ2v) is 14.5. The van der Waals surface area contributed by atoms with E-state index in [-0.39, 0.29) is 5.56 Å². The van der Waals surface area contributed by atoms with Crippen LogP contribution in [0.5, 0.6) is 0 Å². The van der Waals surface area contributed by atoms with Crippen molar-refractivity contribution in [1.29, 1.82) is 0 Å². The fourth-order valence-corrected chi connectivity index (χ4v) is 9.48. The van der Waals surface area contributed by atoms with Crippen LogP contribution in [0.2, 0.25) is 16.6 Å². The zero-order chi connectivity index (χ0) is 17.8. The average Bonchev–Trinajstić information content (AvgIpc) is 2.46. The molecule has 0 amide bonds. The third kappa shape index (κ3) is 4.51. The van der Waals surface area contributed by atoms with Gasteiger partial charge in [0.05, 0.1) is 0 Å². The fourth-order valence-electron chi connectivity index (χ4n) is 3.39. The van der Waals surface area contributed by atoms with Crippen LogP contribution in [0, 0.1) is 11.5 Å². The molecule has 0 saturated heterocycles. The highest BCUT2D eigenvalue weighted by Crippen LogP contribution is 2.40. The van der Waals surface area contributed by atoms with Gasteiger partial charge in [0.1, 0.15) is 8.07 Å². The van der Waals surface area contributed by atoms with Gasteiger partial charge in [-0.2, -0.15) is 0 Å². The van der Waals surface area contributed by atoms with E-state index in [0.29, 0.717) is 16.6 Å². The first kappa shape index (κ1) is 20.0. The predicted octanol–water partition coefficient (Wildman–Crippen LogP) is 5.59. The minimum atomic E-state index is -3.93. The van der Waals surface area contributed by atoms with Crippen LogP contribution < -0.4 is 0 Å². The summed E-state index contributed by atoms with van der Waals surface area (Å²) >= 11 is -3.93. The number of benzene rings is 1. The van der Waals surface area contributed by atoms with Gasteiger partial charge in [-0.1, -0.05) is 47.5 Å². The Morgan fingerprint density at radius 1 is 0.913 bits per heavy atom. The molecule has 0 aliphatic carbocycles. The third-order valence-electron chi connectivity index (χ3n) is 4.54. The summed E-state index contributed by atoms with van der Waals surface area (Å²) < 4.78 is 20.9. The lowest BCUT2D eigenvalue weighted by Crippen LogP contribution is -2.43. The van der Waals surface area contributed by atoms with Gasteiger partial charge in [-0.05, 0) is 40.9 Å². The molecule has 0 radical (unpaired) electrons. The molecule has 1 aromatic rings. The van der Waals surface area contributed by atoms with Crippen LogP contribution in [-0.2, 0) is 6.14 Å². The molecular formula is C18H25IO3Si. The van der Waals surface area contributed by atoms with Crippen molar-refractivity contribution in [2.75, 3.05) is 0 Å². The molecule has 0 heterocycles. The van der Waals surface area contributed by atoms with Crippen LogP contribution in [-0.4, -0.2) is 11.9 Å². The Hall–Kier alpha value is -1.00. The molecule has 0 fully saturated rings. The molecule has 0 atom stereocenters. The Morgan fingerprint density at radius 3 is 1.70 bits per heavy atom. The molecule has 23 heavy (non-hydrogen) atoms. The molecule has 0 saturated carbocycles. The van der Waals surface area contributed by atoms with Crippen LogP contribution in [0.4, 0.5) is 0 Å². The van der Waals surface area contributed by atoms with E-state index in [1.165, 1.54) is 0 Å². The maximum Gasteiger partial charge on any atom is 0.382 e. The smallest absolute Gasteiger partial charge is 0.276 e. The van der Waals surface area contributed by atoms with E-state index in [1.54, 1.807) is 24.3 Å². The van der Waals surface area contributed by atoms with E-state index in [0.717, 1.165) is 5.56 Å². The van der Waals surface area contributed by atoms with Gasteiger partial charge in [0, 0.05) is 11.1 Å². The van der Waals surface area contributed by atoms with E-state index >= 15 is 0 Å². The summed E-state index contributed by atoms with van der Waals surface area (Å²) in [5.41, 5.74) is 6.35. The minimum absolute atomic E-state index is 0.228. The van der Waals surface area contributed by atoms with Gasteiger partial charge >= 0.3 is 19.8 Å². The highest BCUT2D eigenvalue weighted by atomic mass is 127. The number of rotatable bonds is 5. The third-order valence-corrected chi connectivity index (χ3v) is 12.3. The largest absolute Gasteiger partial charge is 0.382 e. The molecule has 0 unspecified atom stereocenters. The summed E-state index contributed by atoms with van der Waals surface area (Å²) in [7, 11) is -1.78. The van der Waals surface area contributed by atoms with Gasteiger partial charge in [0.15, 0.2) is 0 Å². The van der Waals surface area contributed by atoms with Crippen molar-refractivity contribution in [3.8, 4) is 11.5 Å². The quantitative estimate of drug-likeness (QED) is 0.257. The highest BCUT2D eigenvalue weighted by Gasteiger charge is 2.41. The molecule has 0 bridgehead atoms. The molecular weight excluding hydrogens is 419 g/mol. The second kappa shape index (κ2) is 8.20. The summed E-state index contributed by atoms with van der Waals surface area (Å²) in [6.45, 7) is 13.6. The second-order valence-electron chi connectivity index (χ2n) is 6.72. The Kier molecular flexibility index (Phi) is 7.15. The Labute approximate surface area is 147 Å². The molecule has 0 aliphatic heterocycles. The molecule has 3 nitrogen and oxygen atoms in total. The van der Waals surface area contributed by atoms with Gasteiger partial charge in [-0.25, -0.2) is 6.14 Å². The molecule has 0 aliphatic rings. The van der Waals surface area contributed by atoms with E-state index in [4.69, 9.17) is 0 Å². The first-order chi connectivity index (χ1) is 10.6. The van der Waals surface area contributed by atoms with Gasteiger partial charge in [0.25, 0.3) is 3.79 Å². The molecule has 126 valence electrons. The van der Waals surface area contributed by atoms with Crippen LogP contribution in [0.3, 0.4) is 0 Å². The monoisotopic (exact) mass is 444 g/mol. The van der Waals surface area contributed by atoms with E-state index in [9.17, 15) is 10.9 Å². The van der Waals surface area contributed by atoms with Gasteiger partial charge in [-0.3, -0.25) is 4.79 Å². The van der Waals surface area contributed by atoms with Gasteiger partial charge in [0.2, 0.25) is 0 Å². The maximum atomic E-state index is 11.5. The van der Waals surface area contributed by atoms with E-state index in [2.05, 4.69) is 53.0 Å².